The van der Waals surface area contributed by atoms with Gasteiger partial charge < -0.3 is 14.5 Å². The molecule has 1 N–H and O–H groups in total. The Morgan fingerprint density at radius 2 is 1.88 bits per heavy atom. The van der Waals surface area contributed by atoms with Gasteiger partial charge >= 0.3 is 0 Å². The van der Waals surface area contributed by atoms with Crippen LogP contribution >= 0.6 is 0 Å². The van der Waals surface area contributed by atoms with Crippen molar-refractivity contribution in [3.05, 3.63) is 80.9 Å². The number of H-pyrrole nitrogens is 1. The van der Waals surface area contributed by atoms with Gasteiger partial charge in [-0.3, -0.25) is 9.69 Å². The van der Waals surface area contributed by atoms with E-state index >= 15 is 0 Å². The third-order valence-corrected chi connectivity index (χ3v) is 6.58. The predicted octanol–water partition coefficient (Wildman–Crippen LogP) is 2.61. The molecule has 0 amide bonds. The lowest BCUT2D eigenvalue weighted by atomic mass is 10.00. The van der Waals surface area contributed by atoms with E-state index in [-0.39, 0.29) is 5.56 Å². The number of rotatable bonds is 6. The number of hydrogen-bond acceptors (Lipinski definition) is 7. The van der Waals surface area contributed by atoms with Crippen LogP contribution < -0.4 is 10.3 Å². The average Bonchev–Trinajstić information content (AvgIpc) is 3.31. The summed E-state index contributed by atoms with van der Waals surface area (Å²) in [6.45, 7) is 7.12. The molecule has 0 bridgehead atoms. The van der Waals surface area contributed by atoms with Crippen molar-refractivity contribution in [2.45, 2.75) is 26.4 Å². The predicted molar refractivity (Wildman–Crippen MR) is 128 cm³/mol. The highest BCUT2D eigenvalue weighted by Gasteiger charge is 2.31. The second-order valence-electron chi connectivity index (χ2n) is 8.62. The number of pyridine rings is 1. The fourth-order valence-electron chi connectivity index (χ4n) is 4.50. The SMILES string of the molecule is COc1ccc(Cn2nnnc2C(c2cc3ccc(C)c(C)c3[nH]c2=O)N2CCOCC2)cc1. The van der Waals surface area contributed by atoms with Crippen LogP contribution in [0.25, 0.3) is 10.9 Å². The zero-order valence-electron chi connectivity index (χ0n) is 19.6. The zero-order chi connectivity index (χ0) is 23.7. The minimum Gasteiger partial charge on any atom is -0.497 e. The topological polar surface area (TPSA) is 98.2 Å². The molecule has 9 nitrogen and oxygen atoms in total. The summed E-state index contributed by atoms with van der Waals surface area (Å²) in [7, 11) is 1.64. The second kappa shape index (κ2) is 9.36. The number of aromatic amines is 1. The van der Waals surface area contributed by atoms with Gasteiger partial charge in [-0.05, 0) is 64.5 Å². The van der Waals surface area contributed by atoms with Gasteiger partial charge in [0, 0.05) is 18.7 Å². The Hall–Kier alpha value is -3.56. The van der Waals surface area contributed by atoms with E-state index in [1.807, 2.05) is 50.2 Å². The van der Waals surface area contributed by atoms with Crippen LogP contribution in [0.5, 0.6) is 5.75 Å². The highest BCUT2D eigenvalue weighted by atomic mass is 16.5. The molecular formula is C25H28N6O3. The molecule has 1 aliphatic rings. The summed E-state index contributed by atoms with van der Waals surface area (Å²) in [4.78, 5) is 18.8. The Balaban J connectivity index is 1.59. The second-order valence-corrected chi connectivity index (χ2v) is 8.62. The van der Waals surface area contributed by atoms with Gasteiger partial charge in [0.15, 0.2) is 5.82 Å². The number of hydrogen-bond donors (Lipinski definition) is 1. The first-order valence-corrected chi connectivity index (χ1v) is 11.4. The molecule has 9 heteroatoms. The monoisotopic (exact) mass is 460 g/mol. The van der Waals surface area contributed by atoms with E-state index < -0.39 is 6.04 Å². The van der Waals surface area contributed by atoms with Crippen LogP contribution in [0.1, 0.15) is 34.1 Å². The number of nitrogens with one attached hydrogen (secondary N) is 1. The molecule has 4 aromatic rings. The molecule has 0 aliphatic carbocycles. The summed E-state index contributed by atoms with van der Waals surface area (Å²) in [6.07, 6.45) is 0. The molecular weight excluding hydrogens is 432 g/mol. The lowest BCUT2D eigenvalue weighted by Gasteiger charge is -2.33. The van der Waals surface area contributed by atoms with Crippen molar-refractivity contribution in [2.24, 2.45) is 0 Å². The van der Waals surface area contributed by atoms with Crippen LogP contribution in [0.4, 0.5) is 0 Å². The quantitative estimate of drug-likeness (QED) is 0.472. The number of aromatic nitrogens is 5. The number of ether oxygens (including phenoxy) is 2. The first-order valence-electron chi connectivity index (χ1n) is 11.4. The normalized spacial score (nSPS) is 15.5. The van der Waals surface area contributed by atoms with Crippen LogP contribution in [-0.4, -0.2) is 63.5 Å². The Morgan fingerprint density at radius 1 is 1.12 bits per heavy atom. The maximum absolute atomic E-state index is 13.4. The van der Waals surface area contributed by atoms with Crippen molar-refractivity contribution in [2.75, 3.05) is 33.4 Å². The molecule has 2 aromatic heterocycles. The largest absolute Gasteiger partial charge is 0.497 e. The fourth-order valence-corrected chi connectivity index (χ4v) is 4.50. The summed E-state index contributed by atoms with van der Waals surface area (Å²) < 4.78 is 12.6. The van der Waals surface area contributed by atoms with Crippen molar-refractivity contribution in [1.29, 1.82) is 0 Å². The van der Waals surface area contributed by atoms with Crippen molar-refractivity contribution in [3.63, 3.8) is 0 Å². The van der Waals surface area contributed by atoms with E-state index in [0.717, 1.165) is 33.3 Å². The number of methoxy groups -OCH3 is 1. The first kappa shape index (κ1) is 22.2. The van der Waals surface area contributed by atoms with E-state index in [0.29, 0.717) is 44.2 Å². The van der Waals surface area contributed by atoms with Gasteiger partial charge in [-0.2, -0.15) is 0 Å². The molecule has 1 saturated heterocycles. The first-order chi connectivity index (χ1) is 16.5. The summed E-state index contributed by atoms with van der Waals surface area (Å²) >= 11 is 0. The van der Waals surface area contributed by atoms with E-state index in [1.54, 1.807) is 11.8 Å². The fraction of sp³-hybridized carbons (Fsp3) is 0.360. The summed E-state index contributed by atoms with van der Waals surface area (Å²) in [5.41, 5.74) is 4.62. The Labute approximate surface area is 197 Å². The van der Waals surface area contributed by atoms with Gasteiger partial charge in [-0.15, -0.1) is 5.10 Å². The van der Waals surface area contributed by atoms with Crippen molar-refractivity contribution >= 4 is 10.9 Å². The lowest BCUT2D eigenvalue weighted by molar-refractivity contribution is 0.0214. The average molecular weight is 461 g/mol. The molecule has 1 atom stereocenters. The third kappa shape index (κ3) is 4.20. The van der Waals surface area contributed by atoms with Crippen LogP contribution in [0.3, 0.4) is 0 Å². The molecule has 1 unspecified atom stereocenters. The van der Waals surface area contributed by atoms with Gasteiger partial charge in [0.25, 0.3) is 5.56 Å². The van der Waals surface area contributed by atoms with Crippen LogP contribution in [0.2, 0.25) is 0 Å². The van der Waals surface area contributed by atoms with Crippen LogP contribution in [0.15, 0.2) is 47.3 Å². The smallest absolute Gasteiger partial charge is 0.253 e. The van der Waals surface area contributed by atoms with Crippen LogP contribution in [0, 0.1) is 13.8 Å². The Bertz CT molecular complexity index is 1360. The highest BCUT2D eigenvalue weighted by molar-refractivity contribution is 5.83. The Morgan fingerprint density at radius 3 is 2.62 bits per heavy atom. The van der Waals surface area contributed by atoms with E-state index in [9.17, 15) is 4.79 Å². The lowest BCUT2D eigenvalue weighted by Crippen LogP contribution is -2.42. The number of tetrazole rings is 1. The molecule has 0 spiro atoms. The van der Waals surface area contributed by atoms with Gasteiger partial charge in [0.2, 0.25) is 0 Å². The number of aryl methyl sites for hydroxylation is 2. The maximum Gasteiger partial charge on any atom is 0.253 e. The molecule has 1 aliphatic heterocycles. The minimum absolute atomic E-state index is 0.128. The Kier molecular flexibility index (Phi) is 6.12. The molecule has 5 rings (SSSR count). The van der Waals surface area contributed by atoms with Gasteiger partial charge in [-0.1, -0.05) is 24.3 Å². The van der Waals surface area contributed by atoms with Crippen molar-refractivity contribution < 1.29 is 9.47 Å². The minimum atomic E-state index is -0.396. The van der Waals surface area contributed by atoms with Crippen molar-refractivity contribution in [3.8, 4) is 5.75 Å². The van der Waals surface area contributed by atoms with E-state index in [2.05, 4.69) is 31.5 Å². The van der Waals surface area contributed by atoms with Gasteiger partial charge in [0.1, 0.15) is 11.8 Å². The molecule has 34 heavy (non-hydrogen) atoms. The zero-order valence-corrected chi connectivity index (χ0v) is 19.6. The molecule has 2 aromatic carbocycles. The summed E-state index contributed by atoms with van der Waals surface area (Å²) in [5, 5.41) is 13.6. The molecule has 176 valence electrons. The van der Waals surface area contributed by atoms with E-state index in [4.69, 9.17) is 9.47 Å². The highest BCUT2D eigenvalue weighted by Crippen LogP contribution is 2.29. The molecule has 0 saturated carbocycles. The standard InChI is InChI=1S/C25H28N6O3/c1-16-4-7-19-14-21(25(32)26-22(19)17(16)2)23(30-10-12-34-13-11-30)24-27-28-29-31(24)15-18-5-8-20(33-3)9-6-18/h4-9,14,23H,10-13,15H2,1-3H3,(H,26,32). The molecule has 1 fully saturated rings. The third-order valence-electron chi connectivity index (χ3n) is 6.58. The maximum atomic E-state index is 13.4. The molecule has 3 heterocycles. The number of fused-ring (bicyclic) bond motifs is 1. The van der Waals surface area contributed by atoms with Gasteiger partial charge in [-0.25, -0.2) is 4.68 Å². The summed E-state index contributed by atoms with van der Waals surface area (Å²) in [5.74, 6) is 1.42. The number of morpholine rings is 1. The summed E-state index contributed by atoms with van der Waals surface area (Å²) in [6, 6.07) is 13.5. The number of benzene rings is 2. The van der Waals surface area contributed by atoms with Crippen LogP contribution in [-0.2, 0) is 11.3 Å². The van der Waals surface area contributed by atoms with Crippen molar-refractivity contribution in [1.82, 2.24) is 30.1 Å². The molecule has 0 radical (unpaired) electrons. The van der Waals surface area contributed by atoms with E-state index in [1.165, 1.54) is 0 Å². The number of nitrogens with zero attached hydrogens (tertiary/aromatic N) is 5. The van der Waals surface area contributed by atoms with Gasteiger partial charge in [0.05, 0.1) is 32.4 Å².